The largest absolute Gasteiger partial charge is 0.379 e. The summed E-state index contributed by atoms with van der Waals surface area (Å²) in [7, 11) is 0. The summed E-state index contributed by atoms with van der Waals surface area (Å²) in [6.07, 6.45) is 0. The third kappa shape index (κ3) is 5.55. The summed E-state index contributed by atoms with van der Waals surface area (Å²) in [5.74, 6) is -0.885. The number of ether oxygens (including phenoxy) is 1. The summed E-state index contributed by atoms with van der Waals surface area (Å²) in [4.78, 5) is 31.7. The number of hydrogen-bond donors (Lipinski definition) is 0. The Morgan fingerprint density at radius 1 is 0.886 bits per heavy atom. The number of carbonyl (C=O) groups excluding carboxylic acids is 2. The number of anilines is 1. The van der Waals surface area contributed by atoms with Crippen molar-refractivity contribution < 1.29 is 14.3 Å². The summed E-state index contributed by atoms with van der Waals surface area (Å²) < 4.78 is 5.53. The zero-order valence-electron chi connectivity index (χ0n) is 19.4. The van der Waals surface area contributed by atoms with E-state index in [9.17, 15) is 9.59 Å². The van der Waals surface area contributed by atoms with Crippen LogP contribution in [0.1, 0.15) is 33.1 Å². The van der Waals surface area contributed by atoms with E-state index in [2.05, 4.69) is 0 Å². The fourth-order valence-electron chi connectivity index (χ4n) is 4.37. The molecule has 0 aromatic heterocycles. The Kier molecular flexibility index (Phi) is 8.15. The SMILES string of the molecule is Cc1cccc(C)c1N(C(=O)c1ccc(Cl)cc1Cl)C(=O)[C@@H](c1ccc(Cl)cc1)N1CCOCC1. The fourth-order valence-corrected chi connectivity index (χ4v) is 4.98. The first-order chi connectivity index (χ1) is 16.8. The van der Waals surface area contributed by atoms with Gasteiger partial charge in [-0.2, -0.15) is 0 Å². The topological polar surface area (TPSA) is 49.9 Å². The Balaban J connectivity index is 1.88. The second kappa shape index (κ2) is 11.1. The number of benzene rings is 3. The first-order valence-corrected chi connectivity index (χ1v) is 12.4. The van der Waals surface area contributed by atoms with Gasteiger partial charge >= 0.3 is 0 Å². The molecule has 1 atom stereocenters. The highest BCUT2D eigenvalue weighted by Crippen LogP contribution is 2.34. The van der Waals surface area contributed by atoms with Gasteiger partial charge in [-0.05, 0) is 60.9 Å². The Bertz CT molecular complexity index is 1220. The molecule has 3 aromatic rings. The van der Waals surface area contributed by atoms with E-state index in [0.717, 1.165) is 16.7 Å². The van der Waals surface area contributed by atoms with Crippen LogP contribution in [0.4, 0.5) is 5.69 Å². The van der Waals surface area contributed by atoms with Gasteiger partial charge < -0.3 is 4.74 Å². The monoisotopic (exact) mass is 530 g/mol. The van der Waals surface area contributed by atoms with Crippen molar-refractivity contribution >= 4 is 52.3 Å². The lowest BCUT2D eigenvalue weighted by Gasteiger charge is -2.37. The summed E-state index contributed by atoms with van der Waals surface area (Å²) in [6.45, 7) is 5.86. The molecule has 8 heteroatoms. The Morgan fingerprint density at radius 2 is 1.49 bits per heavy atom. The number of nitrogens with zero attached hydrogens (tertiary/aromatic N) is 2. The van der Waals surface area contributed by atoms with Gasteiger partial charge in [0.1, 0.15) is 6.04 Å². The normalized spacial score (nSPS) is 15.0. The number of carbonyl (C=O) groups is 2. The lowest BCUT2D eigenvalue weighted by molar-refractivity contribution is -0.125. The maximum Gasteiger partial charge on any atom is 0.266 e. The predicted molar refractivity (Wildman–Crippen MR) is 141 cm³/mol. The maximum atomic E-state index is 14.4. The molecule has 1 saturated heterocycles. The molecule has 182 valence electrons. The highest BCUT2D eigenvalue weighted by atomic mass is 35.5. The van der Waals surface area contributed by atoms with Gasteiger partial charge in [0.2, 0.25) is 0 Å². The van der Waals surface area contributed by atoms with Gasteiger partial charge in [-0.3, -0.25) is 14.5 Å². The van der Waals surface area contributed by atoms with Crippen LogP contribution in [0.5, 0.6) is 0 Å². The van der Waals surface area contributed by atoms with E-state index in [4.69, 9.17) is 39.5 Å². The van der Waals surface area contributed by atoms with Crippen LogP contribution in [-0.4, -0.2) is 43.0 Å². The molecule has 1 aliphatic heterocycles. The van der Waals surface area contributed by atoms with E-state index in [-0.39, 0.29) is 16.5 Å². The molecule has 3 aromatic carbocycles. The van der Waals surface area contributed by atoms with Crippen LogP contribution in [-0.2, 0) is 9.53 Å². The molecule has 1 fully saturated rings. The van der Waals surface area contributed by atoms with E-state index in [1.54, 1.807) is 24.3 Å². The second-order valence-electron chi connectivity index (χ2n) is 8.45. The van der Waals surface area contributed by atoms with Crippen LogP contribution in [0, 0.1) is 13.8 Å². The first-order valence-electron chi connectivity index (χ1n) is 11.2. The van der Waals surface area contributed by atoms with Crippen LogP contribution >= 0.6 is 34.8 Å². The van der Waals surface area contributed by atoms with Gasteiger partial charge in [0.05, 0.1) is 29.5 Å². The summed E-state index contributed by atoms with van der Waals surface area (Å²) in [5, 5.41) is 1.15. The van der Waals surface area contributed by atoms with Crippen LogP contribution in [0.15, 0.2) is 60.7 Å². The molecule has 0 spiro atoms. The Morgan fingerprint density at radius 3 is 2.09 bits per heavy atom. The first kappa shape index (κ1) is 25.7. The lowest BCUT2D eigenvalue weighted by Crippen LogP contribution is -2.49. The average molecular weight is 532 g/mol. The minimum atomic E-state index is -0.717. The van der Waals surface area contributed by atoms with Crippen molar-refractivity contribution in [2.24, 2.45) is 0 Å². The summed E-state index contributed by atoms with van der Waals surface area (Å²) in [5.41, 5.74) is 3.08. The van der Waals surface area contributed by atoms with E-state index in [1.165, 1.54) is 11.0 Å². The number of hydrogen-bond acceptors (Lipinski definition) is 4. The molecule has 5 nitrogen and oxygen atoms in total. The van der Waals surface area contributed by atoms with Gasteiger partial charge in [0.15, 0.2) is 0 Å². The molecule has 0 radical (unpaired) electrons. The zero-order valence-corrected chi connectivity index (χ0v) is 21.7. The van der Waals surface area contributed by atoms with E-state index >= 15 is 0 Å². The molecule has 1 aliphatic rings. The Hall–Kier alpha value is -2.41. The predicted octanol–water partition coefficient (Wildman–Crippen LogP) is 6.51. The lowest BCUT2D eigenvalue weighted by atomic mass is 10.00. The molecule has 4 rings (SSSR count). The quantitative estimate of drug-likeness (QED) is 0.377. The Labute approximate surface area is 220 Å². The average Bonchev–Trinajstić information content (AvgIpc) is 2.83. The van der Waals surface area contributed by atoms with E-state index in [0.29, 0.717) is 42.0 Å². The zero-order chi connectivity index (χ0) is 25.1. The van der Waals surface area contributed by atoms with Crippen LogP contribution in [0.3, 0.4) is 0 Å². The van der Waals surface area contributed by atoms with Crippen molar-refractivity contribution in [1.82, 2.24) is 4.90 Å². The number of imide groups is 1. The molecular weight excluding hydrogens is 507 g/mol. The van der Waals surface area contributed by atoms with Crippen LogP contribution in [0.25, 0.3) is 0 Å². The van der Waals surface area contributed by atoms with Gasteiger partial charge in [0.25, 0.3) is 11.8 Å². The molecule has 1 heterocycles. The highest BCUT2D eigenvalue weighted by molar-refractivity contribution is 6.38. The number of para-hydroxylation sites is 1. The molecule has 35 heavy (non-hydrogen) atoms. The van der Waals surface area contributed by atoms with Crippen molar-refractivity contribution in [3.63, 3.8) is 0 Å². The molecular formula is C27H25Cl3N2O3. The van der Waals surface area contributed by atoms with E-state index < -0.39 is 11.9 Å². The summed E-state index contributed by atoms with van der Waals surface area (Å²) in [6, 6.07) is 16.7. The third-order valence-electron chi connectivity index (χ3n) is 6.08. The molecule has 0 aliphatic carbocycles. The molecule has 0 bridgehead atoms. The van der Waals surface area contributed by atoms with Gasteiger partial charge in [-0.15, -0.1) is 0 Å². The highest BCUT2D eigenvalue weighted by Gasteiger charge is 2.38. The third-order valence-corrected chi connectivity index (χ3v) is 6.88. The van der Waals surface area contributed by atoms with Gasteiger partial charge in [-0.25, -0.2) is 4.90 Å². The molecule has 2 amide bonds. The van der Waals surface area contributed by atoms with Crippen LogP contribution < -0.4 is 4.90 Å². The molecule has 0 unspecified atom stereocenters. The van der Waals surface area contributed by atoms with Crippen molar-refractivity contribution in [2.75, 3.05) is 31.2 Å². The smallest absolute Gasteiger partial charge is 0.266 e. The standard InChI is InChI=1S/C27H25Cl3N2O3/c1-17-4-3-5-18(2)24(17)32(26(33)22-11-10-21(29)16-23(22)30)27(34)25(31-12-14-35-15-13-31)19-6-8-20(28)9-7-19/h3-11,16,25H,12-15H2,1-2H3/t25-/m1/s1. The van der Waals surface area contributed by atoms with Crippen molar-refractivity contribution in [3.05, 3.63) is 98.0 Å². The molecule has 0 N–H and O–H groups in total. The maximum absolute atomic E-state index is 14.4. The fraction of sp³-hybridized carbons (Fsp3) is 0.259. The number of aryl methyl sites for hydroxylation is 2. The van der Waals surface area contributed by atoms with Gasteiger partial charge in [0, 0.05) is 23.1 Å². The second-order valence-corrected chi connectivity index (χ2v) is 9.73. The molecule has 0 saturated carbocycles. The van der Waals surface area contributed by atoms with E-state index in [1.807, 2.05) is 49.1 Å². The van der Waals surface area contributed by atoms with Gasteiger partial charge in [-0.1, -0.05) is 65.1 Å². The minimum Gasteiger partial charge on any atom is -0.379 e. The van der Waals surface area contributed by atoms with Crippen molar-refractivity contribution in [3.8, 4) is 0 Å². The van der Waals surface area contributed by atoms with Crippen molar-refractivity contribution in [1.29, 1.82) is 0 Å². The number of rotatable bonds is 5. The summed E-state index contributed by atoms with van der Waals surface area (Å²) >= 11 is 18.6. The number of amides is 2. The minimum absolute atomic E-state index is 0.181. The van der Waals surface area contributed by atoms with Crippen molar-refractivity contribution in [2.45, 2.75) is 19.9 Å². The number of halogens is 3. The number of morpholine rings is 1. The van der Waals surface area contributed by atoms with Crippen LogP contribution in [0.2, 0.25) is 15.1 Å².